The molecule has 0 amide bonds. The number of nitrogens with one attached hydrogen (secondary N) is 1. The van der Waals surface area contributed by atoms with Crippen molar-refractivity contribution >= 4 is 5.65 Å². The maximum absolute atomic E-state index is 13.8. The summed E-state index contributed by atoms with van der Waals surface area (Å²) in [6.07, 6.45) is 1.85. The first-order valence-electron chi connectivity index (χ1n) is 9.72. The van der Waals surface area contributed by atoms with E-state index >= 15 is 0 Å². The molecule has 3 aromatic heterocycles. The van der Waals surface area contributed by atoms with Crippen LogP contribution in [0.2, 0.25) is 0 Å². The second-order valence-electron chi connectivity index (χ2n) is 7.66. The summed E-state index contributed by atoms with van der Waals surface area (Å²) in [4.78, 5) is 13.0. The second-order valence-corrected chi connectivity index (χ2v) is 7.66. The summed E-state index contributed by atoms with van der Waals surface area (Å²) in [7, 11) is 0. The molecule has 2 N–H and O–H groups in total. The number of benzene rings is 1. The molecule has 0 radical (unpaired) electrons. The van der Waals surface area contributed by atoms with Crippen molar-refractivity contribution in [1.29, 1.82) is 0 Å². The first-order chi connectivity index (χ1) is 14.8. The van der Waals surface area contributed by atoms with Crippen LogP contribution in [-0.2, 0) is 6.18 Å². The molecule has 1 saturated heterocycles. The molecule has 158 valence electrons. The maximum atomic E-state index is 13.8. The highest BCUT2D eigenvalue weighted by atomic mass is 19.4. The SMILES string of the molecule is Cc1cn2cc(-c3cc(O)ccc3-c3cnc(C4CNC4)cn3)cc(C(F)(F)F)c2n1. The molecule has 0 atom stereocenters. The van der Waals surface area contributed by atoms with Gasteiger partial charge >= 0.3 is 6.18 Å². The summed E-state index contributed by atoms with van der Waals surface area (Å²) in [6.45, 7) is 3.34. The topological polar surface area (TPSA) is 75.3 Å². The Morgan fingerprint density at radius 1 is 1.06 bits per heavy atom. The Morgan fingerprint density at radius 2 is 1.87 bits per heavy atom. The van der Waals surface area contributed by atoms with Crippen molar-refractivity contribution in [1.82, 2.24) is 24.7 Å². The van der Waals surface area contributed by atoms with Gasteiger partial charge in [-0.1, -0.05) is 0 Å². The van der Waals surface area contributed by atoms with Gasteiger partial charge in [-0.2, -0.15) is 13.2 Å². The number of hydrogen-bond acceptors (Lipinski definition) is 5. The number of hydrogen-bond donors (Lipinski definition) is 2. The van der Waals surface area contributed by atoms with Crippen LogP contribution in [0.3, 0.4) is 0 Å². The van der Waals surface area contributed by atoms with Crippen molar-refractivity contribution in [3.8, 4) is 28.1 Å². The smallest absolute Gasteiger partial charge is 0.420 e. The zero-order valence-corrected chi connectivity index (χ0v) is 16.5. The minimum Gasteiger partial charge on any atom is -0.508 e. The van der Waals surface area contributed by atoms with Crippen LogP contribution in [-0.4, -0.2) is 37.5 Å². The quantitative estimate of drug-likeness (QED) is 0.515. The highest BCUT2D eigenvalue weighted by Crippen LogP contribution is 2.39. The second kappa shape index (κ2) is 7.05. The number of phenols is 1. The fraction of sp³-hybridized carbons (Fsp3) is 0.227. The Kier molecular flexibility index (Phi) is 4.44. The van der Waals surface area contributed by atoms with Crippen LogP contribution in [0.1, 0.15) is 22.9 Å². The third-order valence-corrected chi connectivity index (χ3v) is 5.44. The van der Waals surface area contributed by atoms with E-state index in [0.717, 1.165) is 24.8 Å². The zero-order valence-electron chi connectivity index (χ0n) is 16.5. The van der Waals surface area contributed by atoms with Gasteiger partial charge in [-0.3, -0.25) is 9.97 Å². The maximum Gasteiger partial charge on any atom is 0.420 e. The molecule has 0 aliphatic carbocycles. The molecule has 1 fully saturated rings. The van der Waals surface area contributed by atoms with Crippen molar-refractivity contribution in [3.63, 3.8) is 0 Å². The number of pyridine rings is 1. The van der Waals surface area contributed by atoms with E-state index in [0.29, 0.717) is 28.4 Å². The molecular formula is C22H18F3N5O. The third kappa shape index (κ3) is 3.50. The fourth-order valence-corrected chi connectivity index (χ4v) is 3.76. The van der Waals surface area contributed by atoms with Gasteiger partial charge in [0.1, 0.15) is 11.4 Å². The molecule has 0 saturated carbocycles. The third-order valence-electron chi connectivity index (χ3n) is 5.44. The molecule has 6 nitrogen and oxygen atoms in total. The van der Waals surface area contributed by atoms with E-state index in [1.54, 1.807) is 31.6 Å². The average molecular weight is 425 g/mol. The van der Waals surface area contributed by atoms with E-state index in [1.165, 1.54) is 22.7 Å². The number of phenolic OH excluding ortho intramolecular Hbond substituents is 1. The van der Waals surface area contributed by atoms with E-state index in [9.17, 15) is 18.3 Å². The van der Waals surface area contributed by atoms with Crippen LogP contribution < -0.4 is 5.32 Å². The highest BCUT2D eigenvalue weighted by Gasteiger charge is 2.35. The van der Waals surface area contributed by atoms with Crippen LogP contribution in [0.4, 0.5) is 13.2 Å². The van der Waals surface area contributed by atoms with E-state index in [-0.39, 0.29) is 17.0 Å². The van der Waals surface area contributed by atoms with Gasteiger partial charge in [0, 0.05) is 43.2 Å². The number of alkyl halides is 3. The van der Waals surface area contributed by atoms with Gasteiger partial charge in [0.25, 0.3) is 0 Å². The van der Waals surface area contributed by atoms with Gasteiger partial charge in [-0.25, -0.2) is 4.98 Å². The predicted molar refractivity (Wildman–Crippen MR) is 109 cm³/mol. The molecule has 31 heavy (non-hydrogen) atoms. The van der Waals surface area contributed by atoms with Gasteiger partial charge in [0.15, 0.2) is 0 Å². The van der Waals surface area contributed by atoms with Gasteiger partial charge in [-0.05, 0) is 42.3 Å². The molecule has 5 rings (SSSR count). The van der Waals surface area contributed by atoms with Crippen molar-refractivity contribution < 1.29 is 18.3 Å². The molecule has 4 aromatic rings. The number of nitrogens with zero attached hydrogens (tertiary/aromatic N) is 4. The molecule has 0 bridgehead atoms. The van der Waals surface area contributed by atoms with E-state index in [4.69, 9.17) is 0 Å². The van der Waals surface area contributed by atoms with Crippen LogP contribution in [0, 0.1) is 6.92 Å². The molecule has 1 aliphatic heterocycles. The summed E-state index contributed by atoms with van der Waals surface area (Å²) < 4.78 is 42.6. The molecular weight excluding hydrogens is 407 g/mol. The number of halogens is 3. The predicted octanol–water partition coefficient (Wildman–Crippen LogP) is 4.18. The fourth-order valence-electron chi connectivity index (χ4n) is 3.76. The van der Waals surface area contributed by atoms with Crippen LogP contribution >= 0.6 is 0 Å². The van der Waals surface area contributed by atoms with E-state index < -0.39 is 11.7 Å². The van der Waals surface area contributed by atoms with E-state index in [2.05, 4.69) is 20.3 Å². The number of aromatic hydroxyl groups is 1. The van der Waals surface area contributed by atoms with E-state index in [1.807, 2.05) is 0 Å². The Labute approximate surface area is 175 Å². The number of aryl methyl sites for hydroxylation is 1. The lowest BCUT2D eigenvalue weighted by Crippen LogP contribution is -2.40. The van der Waals surface area contributed by atoms with Crippen molar-refractivity contribution in [2.24, 2.45) is 0 Å². The number of rotatable bonds is 3. The number of imidazole rings is 1. The molecule has 4 heterocycles. The summed E-state index contributed by atoms with van der Waals surface area (Å²) in [6, 6.07) is 5.61. The number of aromatic nitrogens is 4. The Bertz CT molecular complexity index is 1280. The first kappa shape index (κ1) is 19.5. The minimum atomic E-state index is -4.58. The normalized spacial score (nSPS) is 14.7. The zero-order chi connectivity index (χ0) is 21.8. The van der Waals surface area contributed by atoms with Crippen LogP contribution in [0.5, 0.6) is 5.75 Å². The van der Waals surface area contributed by atoms with Crippen molar-refractivity contribution in [2.75, 3.05) is 13.1 Å². The summed E-state index contributed by atoms with van der Waals surface area (Å²) >= 11 is 0. The van der Waals surface area contributed by atoms with Gasteiger partial charge in [0.05, 0.1) is 28.8 Å². The lowest BCUT2D eigenvalue weighted by molar-refractivity contribution is -0.136. The first-order valence-corrected chi connectivity index (χ1v) is 9.72. The number of fused-ring (bicyclic) bond motifs is 1. The van der Waals surface area contributed by atoms with Crippen molar-refractivity contribution in [2.45, 2.75) is 19.0 Å². The van der Waals surface area contributed by atoms with Crippen molar-refractivity contribution in [3.05, 3.63) is 66.0 Å². The average Bonchev–Trinajstić information content (AvgIpc) is 3.05. The van der Waals surface area contributed by atoms with Crippen LogP contribution in [0.25, 0.3) is 28.0 Å². The molecule has 1 aromatic carbocycles. The monoisotopic (exact) mass is 425 g/mol. The Morgan fingerprint density at radius 3 is 2.52 bits per heavy atom. The summed E-state index contributed by atoms with van der Waals surface area (Å²) in [5.41, 5.74) is 2.15. The lowest BCUT2D eigenvalue weighted by atomic mass is 9.96. The molecule has 0 unspecified atom stereocenters. The highest BCUT2D eigenvalue weighted by molar-refractivity contribution is 5.83. The molecule has 9 heteroatoms. The minimum absolute atomic E-state index is 0.0562. The summed E-state index contributed by atoms with van der Waals surface area (Å²) in [5.74, 6) is 0.265. The standard InChI is InChI=1S/C22H18F3N5O/c1-12-10-30-11-13(4-18(21(30)29-12)22(23,24)25)17-5-15(31)2-3-16(17)20-9-27-19(8-28-20)14-6-26-7-14/h2-5,8-11,14,26,31H,6-7H2,1H3. The Balaban J connectivity index is 1.67. The van der Waals surface area contributed by atoms with Gasteiger partial charge in [0.2, 0.25) is 0 Å². The van der Waals surface area contributed by atoms with Gasteiger partial charge in [-0.15, -0.1) is 0 Å². The molecule has 0 spiro atoms. The Hall–Kier alpha value is -3.46. The lowest BCUT2D eigenvalue weighted by Gasteiger charge is -2.26. The summed E-state index contributed by atoms with van der Waals surface area (Å²) in [5, 5.41) is 13.2. The van der Waals surface area contributed by atoms with Gasteiger partial charge < -0.3 is 14.8 Å². The largest absolute Gasteiger partial charge is 0.508 e. The molecule has 1 aliphatic rings. The van der Waals surface area contributed by atoms with Crippen LogP contribution in [0.15, 0.2) is 49.1 Å².